The summed E-state index contributed by atoms with van der Waals surface area (Å²) in [5.41, 5.74) is 3.67. The molecule has 0 spiro atoms. The maximum Gasteiger partial charge on any atom is 0.116 e. The Morgan fingerprint density at radius 2 is 2.05 bits per heavy atom. The molecule has 0 unspecified atom stereocenters. The highest BCUT2D eigenvalue weighted by Crippen LogP contribution is 2.70. The summed E-state index contributed by atoms with van der Waals surface area (Å²) in [5, 5.41) is 4.31. The highest BCUT2D eigenvalue weighted by Gasteiger charge is 2.62. The first-order valence-electron chi connectivity index (χ1n) is 9.29. The second kappa shape index (κ2) is 5.69. The number of nitrogens with zero attached hydrogens (tertiary/aromatic N) is 1. The van der Waals surface area contributed by atoms with Crippen molar-refractivity contribution in [3.8, 4) is 0 Å². The third kappa shape index (κ3) is 2.43. The molecule has 0 heterocycles. The molecule has 0 aliphatic heterocycles. The van der Waals surface area contributed by atoms with Crippen molar-refractivity contribution < 1.29 is 4.84 Å². The van der Waals surface area contributed by atoms with E-state index in [0.717, 1.165) is 36.5 Å². The van der Waals surface area contributed by atoms with Gasteiger partial charge in [-0.05, 0) is 73.7 Å². The predicted molar refractivity (Wildman–Crippen MR) is 92.9 cm³/mol. The molecule has 3 fully saturated rings. The van der Waals surface area contributed by atoms with E-state index in [2.05, 4.69) is 45.9 Å². The van der Waals surface area contributed by atoms with Gasteiger partial charge in [0, 0.05) is 0 Å². The van der Waals surface area contributed by atoms with E-state index in [0.29, 0.717) is 10.8 Å². The summed E-state index contributed by atoms with van der Waals surface area (Å²) >= 11 is 0. The van der Waals surface area contributed by atoms with Crippen LogP contribution in [0.3, 0.4) is 0 Å². The number of allylic oxidation sites excluding steroid dienone is 2. The fraction of sp³-hybridized carbons (Fsp3) is 0.850. The van der Waals surface area contributed by atoms with E-state index in [1.54, 1.807) is 5.57 Å². The van der Waals surface area contributed by atoms with Gasteiger partial charge in [0.2, 0.25) is 0 Å². The number of rotatable bonds is 4. The van der Waals surface area contributed by atoms with Crippen LogP contribution < -0.4 is 0 Å². The zero-order chi connectivity index (χ0) is 16.0. The predicted octanol–water partition coefficient (Wildman–Crippen LogP) is 5.59. The lowest BCUT2D eigenvalue weighted by atomic mass is 9.68. The van der Waals surface area contributed by atoms with Crippen LogP contribution in [0.25, 0.3) is 0 Å². The van der Waals surface area contributed by atoms with Crippen molar-refractivity contribution in [2.24, 2.45) is 33.7 Å². The molecule has 124 valence electrons. The molecule has 4 bridgehead atoms. The molecule has 0 amide bonds. The van der Waals surface area contributed by atoms with Crippen molar-refractivity contribution in [3.05, 3.63) is 11.6 Å². The van der Waals surface area contributed by atoms with Crippen molar-refractivity contribution in [1.29, 1.82) is 0 Å². The van der Waals surface area contributed by atoms with Gasteiger partial charge in [-0.25, -0.2) is 0 Å². The van der Waals surface area contributed by atoms with Gasteiger partial charge < -0.3 is 4.84 Å². The van der Waals surface area contributed by atoms with Crippen molar-refractivity contribution in [3.63, 3.8) is 0 Å². The van der Waals surface area contributed by atoms with Crippen LogP contribution in [-0.2, 0) is 4.84 Å². The average molecular weight is 303 g/mol. The van der Waals surface area contributed by atoms with Crippen LogP contribution in [0.2, 0.25) is 0 Å². The summed E-state index contributed by atoms with van der Waals surface area (Å²) in [7, 11) is 0. The fourth-order valence-corrected chi connectivity index (χ4v) is 5.96. The van der Waals surface area contributed by atoms with Crippen molar-refractivity contribution in [2.45, 2.75) is 73.1 Å². The third-order valence-electron chi connectivity index (χ3n) is 6.82. The minimum absolute atomic E-state index is 0.420. The molecule has 0 saturated heterocycles. The molecule has 0 aromatic carbocycles. The van der Waals surface area contributed by atoms with Crippen molar-refractivity contribution in [2.75, 3.05) is 6.61 Å². The molecule has 0 aromatic rings. The Kier molecular flexibility index (Phi) is 4.16. The zero-order valence-electron chi connectivity index (χ0n) is 15.1. The van der Waals surface area contributed by atoms with Crippen LogP contribution in [0.1, 0.15) is 73.1 Å². The van der Waals surface area contributed by atoms with Gasteiger partial charge in [-0.2, -0.15) is 0 Å². The van der Waals surface area contributed by atoms with Crippen molar-refractivity contribution >= 4 is 5.71 Å². The van der Waals surface area contributed by atoms with Crippen molar-refractivity contribution in [1.82, 2.24) is 0 Å². The van der Waals surface area contributed by atoms with Gasteiger partial charge in [0.1, 0.15) is 6.61 Å². The maximum absolute atomic E-state index is 5.39. The standard InChI is InChI=1S/C20H33NO/c1-6-12-22-21-14(2)13-17-15-8-9-16-18(15)19(3,4)10-7-11-20(16,17)5/h13,15-16,18H,6-12H2,1-5H3/b17-13-,21-14+/t15-,16-,18+,20+/m1/s1. The number of oxime groups is 1. The summed E-state index contributed by atoms with van der Waals surface area (Å²) in [6.45, 7) is 12.5. The first kappa shape index (κ1) is 16.1. The van der Waals surface area contributed by atoms with E-state index in [1.165, 1.54) is 32.1 Å². The quantitative estimate of drug-likeness (QED) is 0.377. The van der Waals surface area contributed by atoms with Gasteiger partial charge in [-0.1, -0.05) is 44.8 Å². The summed E-state index contributed by atoms with van der Waals surface area (Å²) in [4.78, 5) is 5.39. The van der Waals surface area contributed by atoms with E-state index in [1.807, 2.05) is 0 Å². The highest BCUT2D eigenvalue weighted by molar-refractivity contribution is 5.93. The lowest BCUT2D eigenvalue weighted by Gasteiger charge is -2.36. The second-order valence-electron chi connectivity index (χ2n) is 8.74. The molecular weight excluding hydrogens is 270 g/mol. The Balaban J connectivity index is 1.91. The first-order chi connectivity index (χ1) is 10.4. The Bertz CT molecular complexity index is 490. The smallest absolute Gasteiger partial charge is 0.116 e. The molecule has 3 saturated carbocycles. The van der Waals surface area contributed by atoms with E-state index in [-0.39, 0.29) is 0 Å². The molecular formula is C20H33NO. The molecule has 0 N–H and O–H groups in total. The summed E-state index contributed by atoms with van der Waals surface area (Å²) in [6.07, 6.45) is 10.4. The summed E-state index contributed by atoms with van der Waals surface area (Å²) in [6, 6.07) is 0. The van der Waals surface area contributed by atoms with Crippen LogP contribution in [0.5, 0.6) is 0 Å². The van der Waals surface area contributed by atoms with Gasteiger partial charge in [0.25, 0.3) is 0 Å². The molecule has 0 aromatic heterocycles. The second-order valence-corrected chi connectivity index (χ2v) is 8.74. The monoisotopic (exact) mass is 303 g/mol. The lowest BCUT2D eigenvalue weighted by Crippen LogP contribution is -2.28. The van der Waals surface area contributed by atoms with Crippen LogP contribution in [-0.4, -0.2) is 12.3 Å². The molecule has 3 rings (SSSR count). The van der Waals surface area contributed by atoms with Gasteiger partial charge in [-0.15, -0.1) is 0 Å². The largest absolute Gasteiger partial charge is 0.396 e. The van der Waals surface area contributed by atoms with E-state index in [9.17, 15) is 0 Å². The topological polar surface area (TPSA) is 21.6 Å². The number of hydrogen-bond donors (Lipinski definition) is 0. The first-order valence-corrected chi connectivity index (χ1v) is 9.29. The SMILES string of the molecule is CCCO/N=C(C)/C=C1/[C@H]2CC[C@@H]3[C@H]2C(C)(C)CCC[C@]13C. The summed E-state index contributed by atoms with van der Waals surface area (Å²) in [5.74, 6) is 2.57. The zero-order valence-corrected chi connectivity index (χ0v) is 15.1. The van der Waals surface area contributed by atoms with Crippen LogP contribution in [0.4, 0.5) is 0 Å². The molecule has 3 aliphatic rings. The van der Waals surface area contributed by atoms with E-state index >= 15 is 0 Å². The van der Waals surface area contributed by atoms with Gasteiger partial charge in [0.15, 0.2) is 0 Å². The number of hydrogen-bond acceptors (Lipinski definition) is 2. The van der Waals surface area contributed by atoms with Gasteiger partial charge in [-0.3, -0.25) is 0 Å². The fourth-order valence-electron chi connectivity index (χ4n) is 5.96. The third-order valence-corrected chi connectivity index (χ3v) is 6.82. The molecule has 0 radical (unpaired) electrons. The average Bonchev–Trinajstić information content (AvgIpc) is 2.94. The lowest BCUT2D eigenvalue weighted by molar-refractivity contribution is 0.141. The Morgan fingerprint density at radius 3 is 2.77 bits per heavy atom. The molecule has 4 atom stereocenters. The Hall–Kier alpha value is -0.790. The molecule has 3 aliphatic carbocycles. The maximum atomic E-state index is 5.39. The molecule has 2 heteroatoms. The minimum atomic E-state index is 0.420. The molecule has 22 heavy (non-hydrogen) atoms. The highest BCUT2D eigenvalue weighted by atomic mass is 16.6. The van der Waals surface area contributed by atoms with E-state index < -0.39 is 0 Å². The van der Waals surface area contributed by atoms with Crippen LogP contribution >= 0.6 is 0 Å². The minimum Gasteiger partial charge on any atom is -0.396 e. The van der Waals surface area contributed by atoms with E-state index in [4.69, 9.17) is 4.84 Å². The molecule has 2 nitrogen and oxygen atoms in total. The van der Waals surface area contributed by atoms with Crippen LogP contribution in [0, 0.1) is 28.6 Å². The Labute approximate surface area is 136 Å². The Morgan fingerprint density at radius 1 is 1.27 bits per heavy atom. The normalized spacial score (nSPS) is 41.8. The van der Waals surface area contributed by atoms with Gasteiger partial charge in [0.05, 0.1) is 5.71 Å². The van der Waals surface area contributed by atoms with Crippen LogP contribution in [0.15, 0.2) is 16.8 Å². The summed E-state index contributed by atoms with van der Waals surface area (Å²) < 4.78 is 0. The van der Waals surface area contributed by atoms with Gasteiger partial charge >= 0.3 is 0 Å².